The average molecular weight is 181 g/mol. The highest BCUT2D eigenvalue weighted by atomic mass is 35.6. The number of hydrogen-bond donors (Lipinski definition) is 2. The molecule has 0 heterocycles. The Morgan fingerprint density at radius 2 is 1.50 bits per heavy atom. The Kier molecular flexibility index (Phi) is 5.35. The van der Waals surface area contributed by atoms with Crippen LogP contribution in [0, 0.1) is 0 Å². The van der Waals surface area contributed by atoms with E-state index in [-0.39, 0.29) is 0 Å². The van der Waals surface area contributed by atoms with Crippen molar-refractivity contribution >= 4 is 18.8 Å². The monoisotopic (exact) mass is 180 g/mol. The van der Waals surface area contributed by atoms with Crippen molar-refractivity contribution in [3.05, 3.63) is 0 Å². The molecule has 0 bridgehead atoms. The summed E-state index contributed by atoms with van der Waals surface area (Å²) >= 11 is 6.24. The molecule has 0 aromatic heterocycles. The fourth-order valence-corrected chi connectivity index (χ4v) is 3.42. The summed E-state index contributed by atoms with van der Waals surface area (Å²) in [5.74, 6) is 0. The molecule has 0 saturated carbocycles. The van der Waals surface area contributed by atoms with Gasteiger partial charge in [0.25, 0.3) is 0 Å². The van der Waals surface area contributed by atoms with E-state index in [1.165, 1.54) is 0 Å². The maximum Gasteiger partial charge on any atom is 0.302 e. The van der Waals surface area contributed by atoms with Gasteiger partial charge in [0.15, 0.2) is 0 Å². The van der Waals surface area contributed by atoms with Crippen LogP contribution in [0.25, 0.3) is 0 Å². The number of halogens is 1. The number of nitrogens with one attached hydrogen (secondary N) is 2. The molecule has 62 valence electrons. The zero-order valence-corrected chi connectivity index (χ0v) is 8.76. The minimum atomic E-state index is -1.75. The molecular formula is C6H17ClN2Si. The molecule has 0 aliphatic carbocycles. The summed E-state index contributed by atoms with van der Waals surface area (Å²) in [7, 11) is -1.75. The molecule has 0 aliphatic rings. The second kappa shape index (κ2) is 5.13. The Balaban J connectivity index is 3.69. The molecule has 0 amide bonds. The lowest BCUT2D eigenvalue weighted by atomic mass is 10.8. The van der Waals surface area contributed by atoms with Crippen LogP contribution < -0.4 is 9.96 Å². The number of rotatable bonds is 5. The summed E-state index contributed by atoms with van der Waals surface area (Å²) in [5.41, 5.74) is 0. The molecule has 0 atom stereocenters. The Morgan fingerprint density at radius 3 is 1.70 bits per heavy atom. The van der Waals surface area contributed by atoms with Gasteiger partial charge in [0.05, 0.1) is 0 Å². The van der Waals surface area contributed by atoms with Crippen molar-refractivity contribution in [3.63, 3.8) is 0 Å². The Morgan fingerprint density at radius 1 is 1.10 bits per heavy atom. The second-order valence-corrected chi connectivity index (χ2v) is 7.17. The van der Waals surface area contributed by atoms with Crippen LogP contribution in [0.15, 0.2) is 0 Å². The average Bonchev–Trinajstić information content (AvgIpc) is 1.89. The standard InChI is InChI=1S/C6H17ClN2Si/c1-4-8-10(7,6-3)9-5-2/h8-9H,4-6H2,1-3H3. The normalized spacial score (nSPS) is 12.0. The predicted octanol–water partition coefficient (Wildman–Crippen LogP) is 1.40. The van der Waals surface area contributed by atoms with E-state index < -0.39 is 7.71 Å². The van der Waals surface area contributed by atoms with Crippen molar-refractivity contribution in [1.29, 1.82) is 0 Å². The van der Waals surface area contributed by atoms with Gasteiger partial charge in [-0.2, -0.15) is 0 Å². The van der Waals surface area contributed by atoms with Crippen LogP contribution in [0.3, 0.4) is 0 Å². The lowest BCUT2D eigenvalue weighted by molar-refractivity contribution is 0.870. The van der Waals surface area contributed by atoms with E-state index in [1.807, 2.05) is 0 Å². The maximum absolute atomic E-state index is 6.24. The van der Waals surface area contributed by atoms with Crippen LogP contribution in [0.2, 0.25) is 6.04 Å². The van der Waals surface area contributed by atoms with Crippen molar-refractivity contribution in [2.75, 3.05) is 13.1 Å². The Labute approximate surface area is 69.2 Å². The van der Waals surface area contributed by atoms with Crippen LogP contribution >= 0.6 is 11.1 Å². The molecule has 0 radical (unpaired) electrons. The molecule has 0 aromatic carbocycles. The largest absolute Gasteiger partial charge is 0.314 e. The van der Waals surface area contributed by atoms with Gasteiger partial charge in [-0.05, 0) is 19.1 Å². The molecule has 2 nitrogen and oxygen atoms in total. The third-order valence-corrected chi connectivity index (χ3v) is 5.81. The highest BCUT2D eigenvalue weighted by Gasteiger charge is 2.26. The smallest absolute Gasteiger partial charge is 0.302 e. The first-order chi connectivity index (χ1) is 4.68. The van der Waals surface area contributed by atoms with E-state index in [4.69, 9.17) is 11.1 Å². The van der Waals surface area contributed by atoms with Crippen molar-refractivity contribution in [3.8, 4) is 0 Å². The van der Waals surface area contributed by atoms with E-state index >= 15 is 0 Å². The molecule has 2 N–H and O–H groups in total. The minimum absolute atomic E-state index is 0.955. The van der Waals surface area contributed by atoms with Gasteiger partial charge in [0.1, 0.15) is 0 Å². The van der Waals surface area contributed by atoms with Crippen molar-refractivity contribution in [2.45, 2.75) is 26.8 Å². The fourth-order valence-electron chi connectivity index (χ4n) is 0.873. The molecule has 4 heteroatoms. The number of hydrogen-bond acceptors (Lipinski definition) is 2. The van der Waals surface area contributed by atoms with Gasteiger partial charge in [0.2, 0.25) is 0 Å². The third-order valence-electron chi connectivity index (χ3n) is 1.40. The van der Waals surface area contributed by atoms with E-state index in [0.717, 1.165) is 19.1 Å². The van der Waals surface area contributed by atoms with E-state index in [0.29, 0.717) is 0 Å². The topological polar surface area (TPSA) is 24.1 Å². The lowest BCUT2D eigenvalue weighted by Gasteiger charge is -2.23. The molecule has 0 aromatic rings. The first-order valence-corrected chi connectivity index (χ1v) is 7.09. The highest BCUT2D eigenvalue weighted by Crippen LogP contribution is 2.05. The van der Waals surface area contributed by atoms with Crippen LogP contribution in [0.1, 0.15) is 20.8 Å². The van der Waals surface area contributed by atoms with Crippen molar-refractivity contribution in [2.24, 2.45) is 0 Å². The van der Waals surface area contributed by atoms with Gasteiger partial charge in [-0.1, -0.05) is 20.8 Å². The van der Waals surface area contributed by atoms with Gasteiger partial charge >= 0.3 is 7.71 Å². The highest BCUT2D eigenvalue weighted by molar-refractivity contribution is 7.17. The lowest BCUT2D eigenvalue weighted by Crippen LogP contribution is -2.57. The van der Waals surface area contributed by atoms with Gasteiger partial charge in [-0.25, -0.2) is 0 Å². The Hall–Kier alpha value is 0.427. The molecule has 0 saturated heterocycles. The van der Waals surface area contributed by atoms with Crippen LogP contribution in [0.4, 0.5) is 0 Å². The first kappa shape index (κ1) is 10.4. The molecule has 0 rings (SSSR count). The quantitative estimate of drug-likeness (QED) is 0.494. The van der Waals surface area contributed by atoms with Crippen LogP contribution in [0.5, 0.6) is 0 Å². The summed E-state index contributed by atoms with van der Waals surface area (Å²) in [5, 5.41) is 0. The predicted molar refractivity (Wildman–Crippen MR) is 49.4 cm³/mol. The summed E-state index contributed by atoms with van der Waals surface area (Å²) in [6.45, 7) is 8.19. The SMILES string of the molecule is CCN[Si](Cl)(CC)NCC. The van der Waals surface area contributed by atoms with Gasteiger partial charge in [-0.3, -0.25) is 0 Å². The molecular weight excluding hydrogens is 164 g/mol. The van der Waals surface area contributed by atoms with Crippen LogP contribution in [-0.4, -0.2) is 20.8 Å². The summed E-state index contributed by atoms with van der Waals surface area (Å²) in [4.78, 5) is 6.61. The zero-order valence-electron chi connectivity index (χ0n) is 7.00. The van der Waals surface area contributed by atoms with Crippen molar-refractivity contribution in [1.82, 2.24) is 9.96 Å². The fraction of sp³-hybridized carbons (Fsp3) is 1.00. The first-order valence-electron chi connectivity index (χ1n) is 3.87. The van der Waals surface area contributed by atoms with E-state index in [1.54, 1.807) is 0 Å². The second-order valence-electron chi connectivity index (χ2n) is 2.22. The molecule has 0 fully saturated rings. The minimum Gasteiger partial charge on any atom is -0.314 e. The van der Waals surface area contributed by atoms with Gasteiger partial charge < -0.3 is 9.96 Å². The molecule has 0 unspecified atom stereocenters. The van der Waals surface area contributed by atoms with Crippen LogP contribution in [-0.2, 0) is 0 Å². The van der Waals surface area contributed by atoms with Gasteiger partial charge in [-0.15, -0.1) is 11.1 Å². The maximum atomic E-state index is 6.24. The molecule has 0 spiro atoms. The van der Waals surface area contributed by atoms with Crippen molar-refractivity contribution < 1.29 is 0 Å². The molecule has 0 aliphatic heterocycles. The zero-order chi connectivity index (χ0) is 8.04. The molecule has 10 heavy (non-hydrogen) atoms. The van der Waals surface area contributed by atoms with E-state index in [9.17, 15) is 0 Å². The van der Waals surface area contributed by atoms with Gasteiger partial charge in [0, 0.05) is 0 Å². The summed E-state index contributed by atoms with van der Waals surface area (Å²) < 4.78 is 0. The summed E-state index contributed by atoms with van der Waals surface area (Å²) in [6.07, 6.45) is 0. The third kappa shape index (κ3) is 3.56. The Bertz CT molecular complexity index is 83.8. The summed E-state index contributed by atoms with van der Waals surface area (Å²) in [6, 6.07) is 1.02. The van der Waals surface area contributed by atoms with E-state index in [2.05, 4.69) is 30.7 Å².